The largest absolute Gasteiger partial charge is 0.339 e. The van der Waals surface area contributed by atoms with E-state index in [0.717, 1.165) is 25.7 Å². The summed E-state index contributed by atoms with van der Waals surface area (Å²) in [6.07, 6.45) is 6.74. The van der Waals surface area contributed by atoms with Crippen LogP contribution >= 0.6 is 0 Å². The minimum atomic E-state index is -3.51. The van der Waals surface area contributed by atoms with Crippen LogP contribution in [0, 0.1) is 5.41 Å². The first-order valence-electron chi connectivity index (χ1n) is 9.27. The number of hydrogen-bond acceptors (Lipinski definition) is 4. The molecule has 1 N–H and O–H groups in total. The van der Waals surface area contributed by atoms with Crippen molar-refractivity contribution in [3.05, 3.63) is 60.4 Å². The Labute approximate surface area is 159 Å². The van der Waals surface area contributed by atoms with Crippen LogP contribution in [0.3, 0.4) is 0 Å². The second kappa shape index (κ2) is 7.05. The second-order valence-corrected chi connectivity index (χ2v) is 9.14. The van der Waals surface area contributed by atoms with Crippen molar-refractivity contribution >= 4 is 15.9 Å². The fourth-order valence-electron chi connectivity index (χ4n) is 4.16. The highest BCUT2D eigenvalue weighted by molar-refractivity contribution is 7.89. The molecular formula is C20H23N3O3S. The number of rotatable bonds is 4. The van der Waals surface area contributed by atoms with Gasteiger partial charge in [0.25, 0.3) is 5.91 Å². The average molecular weight is 385 g/mol. The molecule has 1 aliphatic heterocycles. The number of piperidine rings is 1. The summed E-state index contributed by atoms with van der Waals surface area (Å²) < 4.78 is 28.2. The van der Waals surface area contributed by atoms with Gasteiger partial charge in [-0.1, -0.05) is 18.2 Å². The van der Waals surface area contributed by atoms with E-state index in [1.165, 1.54) is 0 Å². The molecule has 2 aromatic rings. The van der Waals surface area contributed by atoms with Gasteiger partial charge in [0.2, 0.25) is 10.0 Å². The van der Waals surface area contributed by atoms with Gasteiger partial charge in [0.1, 0.15) is 0 Å². The average Bonchev–Trinajstić information content (AvgIpc) is 2.72. The normalized spacial score (nSPS) is 21.6. The summed E-state index contributed by atoms with van der Waals surface area (Å²) in [7, 11) is -3.51. The van der Waals surface area contributed by atoms with Gasteiger partial charge in [0.15, 0.2) is 0 Å². The Kier molecular flexibility index (Phi) is 4.74. The molecule has 4 rings (SSSR count). The van der Waals surface area contributed by atoms with E-state index in [0.29, 0.717) is 23.5 Å². The van der Waals surface area contributed by atoms with E-state index >= 15 is 0 Å². The van der Waals surface area contributed by atoms with Crippen molar-refractivity contribution in [1.82, 2.24) is 14.6 Å². The Morgan fingerprint density at radius 3 is 2.41 bits per heavy atom. The summed E-state index contributed by atoms with van der Waals surface area (Å²) in [5.74, 6) is -0.00121. The van der Waals surface area contributed by atoms with Crippen LogP contribution < -0.4 is 4.72 Å². The Balaban J connectivity index is 1.41. The number of hydrogen-bond donors (Lipinski definition) is 1. The van der Waals surface area contributed by atoms with E-state index in [-0.39, 0.29) is 17.4 Å². The van der Waals surface area contributed by atoms with Gasteiger partial charge in [-0.2, -0.15) is 0 Å². The van der Waals surface area contributed by atoms with Crippen molar-refractivity contribution in [2.75, 3.05) is 13.1 Å². The highest BCUT2D eigenvalue weighted by Gasteiger charge is 2.50. The fraction of sp³-hybridized carbons (Fsp3) is 0.400. The first-order valence-corrected chi connectivity index (χ1v) is 10.8. The molecule has 7 heteroatoms. The molecule has 0 unspecified atom stereocenters. The third-order valence-electron chi connectivity index (χ3n) is 5.98. The number of nitrogens with zero attached hydrogens (tertiary/aromatic N) is 2. The Hall–Kier alpha value is -2.25. The number of carbonyl (C=O) groups is 1. The molecule has 1 atom stereocenters. The number of likely N-dealkylation sites (tertiary alicyclic amines) is 1. The van der Waals surface area contributed by atoms with Crippen LogP contribution in [-0.4, -0.2) is 43.3 Å². The summed E-state index contributed by atoms with van der Waals surface area (Å²) in [5.41, 5.74) is 0.566. The van der Waals surface area contributed by atoms with Gasteiger partial charge in [-0.15, -0.1) is 0 Å². The number of sulfonamides is 1. The van der Waals surface area contributed by atoms with Gasteiger partial charge in [0.05, 0.1) is 10.5 Å². The predicted molar refractivity (Wildman–Crippen MR) is 102 cm³/mol. The van der Waals surface area contributed by atoms with E-state index in [1.807, 2.05) is 4.90 Å². The van der Waals surface area contributed by atoms with Crippen molar-refractivity contribution in [3.63, 3.8) is 0 Å². The lowest BCUT2D eigenvalue weighted by Gasteiger charge is -2.53. The van der Waals surface area contributed by atoms with E-state index in [4.69, 9.17) is 0 Å². The van der Waals surface area contributed by atoms with E-state index in [1.54, 1.807) is 54.9 Å². The van der Waals surface area contributed by atoms with Crippen molar-refractivity contribution in [3.8, 4) is 0 Å². The Bertz CT molecular complexity index is 908. The van der Waals surface area contributed by atoms with E-state index < -0.39 is 10.0 Å². The van der Waals surface area contributed by atoms with Gasteiger partial charge in [-0.3, -0.25) is 9.78 Å². The molecule has 27 heavy (non-hydrogen) atoms. The summed E-state index contributed by atoms with van der Waals surface area (Å²) in [6.45, 7) is 1.30. The number of amides is 1. The van der Waals surface area contributed by atoms with E-state index in [2.05, 4.69) is 9.71 Å². The topological polar surface area (TPSA) is 79.4 Å². The highest BCUT2D eigenvalue weighted by atomic mass is 32.2. The molecular weight excluding hydrogens is 362 g/mol. The van der Waals surface area contributed by atoms with Crippen LogP contribution in [-0.2, 0) is 10.0 Å². The SMILES string of the molecule is O=C(c1cccnc1)N1CCC2(CC[C@H]2NS(=O)(=O)c2ccccc2)CC1. The molecule has 1 saturated carbocycles. The molecule has 1 aliphatic carbocycles. The lowest BCUT2D eigenvalue weighted by Crippen LogP contribution is -2.59. The molecule has 1 aromatic heterocycles. The maximum Gasteiger partial charge on any atom is 0.255 e. The molecule has 0 radical (unpaired) electrons. The molecule has 1 aromatic carbocycles. The summed E-state index contributed by atoms with van der Waals surface area (Å²) in [6, 6.07) is 12.0. The van der Waals surface area contributed by atoms with Crippen molar-refractivity contribution in [2.24, 2.45) is 5.41 Å². The Morgan fingerprint density at radius 1 is 1.07 bits per heavy atom. The number of pyridine rings is 1. The predicted octanol–water partition coefficient (Wildman–Crippen LogP) is 2.44. The lowest BCUT2D eigenvalue weighted by atomic mass is 9.59. The third kappa shape index (κ3) is 3.49. The maximum atomic E-state index is 12.6. The second-order valence-electron chi connectivity index (χ2n) is 7.42. The monoisotopic (exact) mass is 385 g/mol. The van der Waals surface area contributed by atoms with Gasteiger partial charge in [-0.25, -0.2) is 13.1 Å². The Morgan fingerprint density at radius 2 is 1.81 bits per heavy atom. The molecule has 142 valence electrons. The molecule has 2 heterocycles. The third-order valence-corrected chi connectivity index (χ3v) is 7.46. The summed E-state index contributed by atoms with van der Waals surface area (Å²) >= 11 is 0. The smallest absolute Gasteiger partial charge is 0.255 e. The van der Waals surface area contributed by atoms with Crippen LogP contribution in [0.5, 0.6) is 0 Å². The van der Waals surface area contributed by atoms with Crippen molar-refractivity contribution in [1.29, 1.82) is 0 Å². The number of aromatic nitrogens is 1. The standard InChI is InChI=1S/C20H23N3O3S/c24-19(16-5-4-12-21-15-16)23-13-10-20(11-14-23)9-8-18(20)22-27(25,26)17-6-2-1-3-7-17/h1-7,12,15,18,22H,8-11,13-14H2/t18-/m1/s1. The van der Waals surface area contributed by atoms with Crippen molar-refractivity contribution in [2.45, 2.75) is 36.6 Å². The minimum Gasteiger partial charge on any atom is -0.339 e. The molecule has 1 spiro atoms. The molecule has 2 aliphatic rings. The van der Waals surface area contributed by atoms with Crippen LogP contribution in [0.1, 0.15) is 36.0 Å². The first kappa shape index (κ1) is 18.1. The first-order chi connectivity index (χ1) is 13.0. The summed E-state index contributed by atoms with van der Waals surface area (Å²) in [5, 5.41) is 0. The van der Waals surface area contributed by atoms with Crippen LogP contribution in [0.25, 0.3) is 0 Å². The minimum absolute atomic E-state index is 0.00121. The summed E-state index contributed by atoms with van der Waals surface area (Å²) in [4.78, 5) is 18.8. The number of benzene rings is 1. The van der Waals surface area contributed by atoms with Gasteiger partial charge >= 0.3 is 0 Å². The van der Waals surface area contributed by atoms with Crippen LogP contribution in [0.15, 0.2) is 59.8 Å². The quantitative estimate of drug-likeness (QED) is 0.877. The van der Waals surface area contributed by atoms with Gasteiger partial charge in [-0.05, 0) is 55.4 Å². The van der Waals surface area contributed by atoms with Crippen LogP contribution in [0.2, 0.25) is 0 Å². The maximum absolute atomic E-state index is 12.6. The molecule has 0 bridgehead atoms. The number of nitrogens with one attached hydrogen (secondary N) is 1. The van der Waals surface area contributed by atoms with Gasteiger partial charge in [0, 0.05) is 31.5 Å². The zero-order valence-electron chi connectivity index (χ0n) is 15.0. The van der Waals surface area contributed by atoms with E-state index in [9.17, 15) is 13.2 Å². The molecule has 2 fully saturated rings. The fourth-order valence-corrected chi connectivity index (χ4v) is 5.56. The molecule has 6 nitrogen and oxygen atoms in total. The van der Waals surface area contributed by atoms with Crippen molar-refractivity contribution < 1.29 is 13.2 Å². The zero-order chi connectivity index (χ0) is 18.9. The zero-order valence-corrected chi connectivity index (χ0v) is 15.9. The molecule has 1 saturated heterocycles. The van der Waals surface area contributed by atoms with Gasteiger partial charge < -0.3 is 4.90 Å². The lowest BCUT2D eigenvalue weighted by molar-refractivity contribution is 0.00508. The van der Waals surface area contributed by atoms with Crippen LogP contribution in [0.4, 0.5) is 0 Å². The number of carbonyl (C=O) groups excluding carboxylic acids is 1. The molecule has 1 amide bonds. The highest BCUT2D eigenvalue weighted by Crippen LogP contribution is 2.49.